The predicted molar refractivity (Wildman–Crippen MR) is 230 cm³/mol. The van der Waals surface area contributed by atoms with Crippen LogP contribution in [0.1, 0.15) is 195 Å². The van der Waals surface area contributed by atoms with E-state index in [0.717, 1.165) is 85.0 Å². The number of alkyl halides is 3. The quantitative estimate of drug-likeness (QED) is 0.164. The molecule has 0 saturated heterocycles. The van der Waals surface area contributed by atoms with Gasteiger partial charge in [0.25, 0.3) is 0 Å². The number of unbranched alkanes of at least 4 members (excludes halogenated alkanes) is 2. The summed E-state index contributed by atoms with van der Waals surface area (Å²) in [6.45, 7) is 31.2. The Morgan fingerprint density at radius 2 is 0.931 bits per heavy atom. The molecule has 2 bridgehead atoms. The standard InChI is InChI=1S/C46H72N2O2.C2HF3O2.Fe/c1-15-17-19-37(33-25-31(43(3,4)5)27-35(41(33)49)45(9,10)11)47-39-23-30-22-21-29(39)24-40(30)48-38(20-18-16-2)34-26-32(44(6,7)8)28-36(42(34)50)46(12,13)14;3-2(4,5)1(6)7;/h25-30,39-40,49-50H,15-24H2,1-14H3;(H,6,7);. The van der Waals surface area contributed by atoms with Crippen molar-refractivity contribution in [3.8, 4) is 11.5 Å². The summed E-state index contributed by atoms with van der Waals surface area (Å²) >= 11 is 0. The zero-order valence-corrected chi connectivity index (χ0v) is 38.9. The average molecular weight is 855 g/mol. The maximum Gasteiger partial charge on any atom is 0.490 e. The fraction of sp³-hybridized carbons (Fsp3) is 0.688. The minimum Gasteiger partial charge on any atom is -0.507 e. The van der Waals surface area contributed by atoms with Crippen LogP contribution in [-0.2, 0) is 43.5 Å². The number of benzene rings is 2. The number of phenols is 2. The molecule has 0 heterocycles. The molecule has 0 amide bonds. The number of phenolic OH excluding ortho intramolecular Hbond substituents is 2. The van der Waals surface area contributed by atoms with Gasteiger partial charge in [0, 0.05) is 50.7 Å². The number of carboxylic acid groups (broad SMARTS) is 1. The molecular weight excluding hydrogens is 781 g/mol. The van der Waals surface area contributed by atoms with Gasteiger partial charge in [-0.1, -0.05) is 122 Å². The molecule has 2 aromatic carbocycles. The minimum absolute atomic E-state index is 0. The van der Waals surface area contributed by atoms with Gasteiger partial charge in [-0.3, -0.25) is 9.98 Å². The fourth-order valence-electron chi connectivity index (χ4n) is 8.03. The van der Waals surface area contributed by atoms with Crippen LogP contribution in [-0.4, -0.2) is 51.0 Å². The molecule has 328 valence electrons. The summed E-state index contributed by atoms with van der Waals surface area (Å²) < 4.78 is 31.7. The van der Waals surface area contributed by atoms with Crippen LogP contribution in [0.25, 0.3) is 0 Å². The van der Waals surface area contributed by atoms with E-state index in [1.807, 2.05) is 0 Å². The van der Waals surface area contributed by atoms with E-state index in [1.54, 1.807) is 0 Å². The normalized spacial score (nSPS) is 20.6. The first-order valence-corrected chi connectivity index (χ1v) is 21.2. The van der Waals surface area contributed by atoms with Crippen molar-refractivity contribution in [1.82, 2.24) is 0 Å². The van der Waals surface area contributed by atoms with Crippen LogP contribution in [0.15, 0.2) is 34.3 Å². The maximum absolute atomic E-state index is 11.8. The zero-order chi connectivity index (χ0) is 43.5. The number of hydrogen-bond acceptors (Lipinski definition) is 5. The Balaban J connectivity index is 0.00000133. The van der Waals surface area contributed by atoms with Crippen molar-refractivity contribution < 1.29 is 50.4 Å². The molecule has 6 nitrogen and oxygen atoms in total. The number of hydrogen-bond donors (Lipinski definition) is 3. The smallest absolute Gasteiger partial charge is 0.490 e. The number of nitrogens with zero attached hydrogens (tertiary/aromatic N) is 2. The van der Waals surface area contributed by atoms with Crippen LogP contribution < -0.4 is 0 Å². The Labute approximate surface area is 358 Å². The van der Waals surface area contributed by atoms with Gasteiger partial charge < -0.3 is 15.3 Å². The monoisotopic (exact) mass is 854 g/mol. The molecule has 5 rings (SSSR count). The van der Waals surface area contributed by atoms with Crippen molar-refractivity contribution in [2.45, 2.75) is 201 Å². The number of fused-ring (bicyclic) bond motifs is 3. The second-order valence-corrected chi connectivity index (χ2v) is 20.7. The molecule has 0 aliphatic heterocycles. The Morgan fingerprint density at radius 1 is 0.621 bits per heavy atom. The van der Waals surface area contributed by atoms with Gasteiger partial charge in [0.05, 0.1) is 12.1 Å². The Kier molecular flexibility index (Phi) is 17.4. The summed E-state index contributed by atoms with van der Waals surface area (Å²) in [4.78, 5) is 20.1. The van der Waals surface area contributed by atoms with Crippen LogP contribution in [0, 0.1) is 11.8 Å². The zero-order valence-electron chi connectivity index (χ0n) is 37.8. The van der Waals surface area contributed by atoms with Crippen LogP contribution in [0.3, 0.4) is 0 Å². The van der Waals surface area contributed by atoms with Gasteiger partial charge in [-0.15, -0.1) is 0 Å². The fourth-order valence-corrected chi connectivity index (χ4v) is 8.03. The molecular formula is C48H73F3FeN2O4. The van der Waals surface area contributed by atoms with Crippen molar-refractivity contribution in [3.63, 3.8) is 0 Å². The second-order valence-electron chi connectivity index (χ2n) is 20.7. The Bertz CT molecular complexity index is 1650. The molecule has 3 N–H and O–H groups in total. The number of carbonyl (C=O) groups is 1. The van der Waals surface area contributed by atoms with Crippen molar-refractivity contribution in [2.75, 3.05) is 0 Å². The Morgan fingerprint density at radius 3 is 1.16 bits per heavy atom. The van der Waals surface area contributed by atoms with Crippen molar-refractivity contribution >= 4 is 17.4 Å². The number of carboxylic acids is 1. The van der Waals surface area contributed by atoms with Gasteiger partial charge in [0.15, 0.2) is 0 Å². The number of rotatable bonds is 10. The van der Waals surface area contributed by atoms with E-state index >= 15 is 0 Å². The topological polar surface area (TPSA) is 102 Å². The number of aliphatic carboxylic acids is 1. The molecule has 3 aliphatic rings. The van der Waals surface area contributed by atoms with Crippen LogP contribution in [0.2, 0.25) is 0 Å². The van der Waals surface area contributed by atoms with Gasteiger partial charge in [0.2, 0.25) is 0 Å². The summed E-state index contributed by atoms with van der Waals surface area (Å²) in [5, 5.41) is 30.7. The molecule has 58 heavy (non-hydrogen) atoms. The number of aliphatic imine (C=N–C) groups is 2. The third kappa shape index (κ3) is 13.3. The summed E-state index contributed by atoms with van der Waals surface area (Å²) in [7, 11) is 0. The van der Waals surface area contributed by atoms with Gasteiger partial charge in [0.1, 0.15) is 11.5 Å². The molecule has 0 aromatic heterocycles. The van der Waals surface area contributed by atoms with E-state index in [0.29, 0.717) is 23.3 Å². The molecule has 2 aromatic rings. The van der Waals surface area contributed by atoms with E-state index in [9.17, 15) is 23.4 Å². The summed E-state index contributed by atoms with van der Waals surface area (Å²) in [6, 6.07) is 9.42. The summed E-state index contributed by atoms with van der Waals surface area (Å²) in [5.41, 5.74) is 8.18. The first kappa shape index (κ1) is 51.3. The van der Waals surface area contributed by atoms with Crippen molar-refractivity contribution in [2.24, 2.45) is 21.8 Å². The van der Waals surface area contributed by atoms with Crippen molar-refractivity contribution in [3.05, 3.63) is 57.6 Å². The summed E-state index contributed by atoms with van der Waals surface area (Å²) in [6.07, 6.45) is 5.47. The first-order valence-electron chi connectivity index (χ1n) is 21.2. The summed E-state index contributed by atoms with van der Waals surface area (Å²) in [5.74, 6) is -0.972. The maximum atomic E-state index is 11.8. The van der Waals surface area contributed by atoms with E-state index in [1.165, 1.54) is 24.0 Å². The predicted octanol–water partition coefficient (Wildman–Crippen LogP) is 13.1. The van der Waals surface area contributed by atoms with Crippen LogP contribution in [0.4, 0.5) is 13.2 Å². The van der Waals surface area contributed by atoms with E-state index in [2.05, 4.69) is 121 Å². The third-order valence-corrected chi connectivity index (χ3v) is 11.7. The Hall–Kier alpha value is -2.84. The molecule has 4 atom stereocenters. The molecule has 3 aliphatic carbocycles. The SMILES string of the molecule is CCCCC(=NC1CC2CCC1CC2N=C(CCCC)c1cc(C(C)(C)C)cc(C(C)(C)C)c1O)c1cc(C(C)(C)C)cc(C(C)(C)C)c1O.O=C(O)C(F)(F)F.[Fe]. The van der Waals surface area contributed by atoms with Gasteiger partial charge in [-0.2, -0.15) is 13.2 Å². The first-order chi connectivity index (χ1) is 26.0. The average Bonchev–Trinajstić information content (AvgIpc) is 3.07. The van der Waals surface area contributed by atoms with Crippen LogP contribution >= 0.6 is 0 Å². The van der Waals surface area contributed by atoms with E-state index in [-0.39, 0.29) is 50.8 Å². The van der Waals surface area contributed by atoms with Crippen molar-refractivity contribution in [1.29, 1.82) is 0 Å². The largest absolute Gasteiger partial charge is 0.507 e. The van der Waals surface area contributed by atoms with E-state index < -0.39 is 12.1 Å². The number of aromatic hydroxyl groups is 2. The molecule has 0 spiro atoms. The molecule has 4 unspecified atom stereocenters. The second kappa shape index (κ2) is 19.7. The van der Waals surface area contributed by atoms with Crippen LogP contribution in [0.5, 0.6) is 11.5 Å². The third-order valence-electron chi connectivity index (χ3n) is 11.7. The molecule has 10 heteroatoms. The minimum atomic E-state index is -5.08. The molecule has 3 fully saturated rings. The molecule has 3 saturated carbocycles. The van der Waals surface area contributed by atoms with Gasteiger partial charge in [-0.25, -0.2) is 4.79 Å². The van der Waals surface area contributed by atoms with Gasteiger partial charge in [-0.05, 0) is 108 Å². The molecule has 0 radical (unpaired) electrons. The van der Waals surface area contributed by atoms with Gasteiger partial charge >= 0.3 is 12.1 Å². The number of halogens is 3. The van der Waals surface area contributed by atoms with E-state index in [4.69, 9.17) is 19.9 Å².